The summed E-state index contributed by atoms with van der Waals surface area (Å²) in [5, 5.41) is 6.43. The summed E-state index contributed by atoms with van der Waals surface area (Å²) in [7, 11) is 1.73. The SMILES string of the molecule is CNc1snc(C)c1C(=O)N[C@@H](C)CC(=O)c1ccc(F)cc1. The maximum Gasteiger partial charge on any atom is 0.256 e. The number of Topliss-reactive ketones (excluding diaryl/α,β-unsaturated/α-hetero) is 1. The number of carbonyl (C=O) groups is 2. The Morgan fingerprint density at radius 2 is 1.96 bits per heavy atom. The summed E-state index contributed by atoms with van der Waals surface area (Å²) < 4.78 is 17.0. The number of anilines is 1. The third-order valence-electron chi connectivity index (χ3n) is 3.35. The van der Waals surface area contributed by atoms with Gasteiger partial charge >= 0.3 is 0 Å². The Hall–Kier alpha value is -2.28. The first kappa shape index (κ1) is 17.1. The van der Waals surface area contributed by atoms with E-state index in [0.717, 1.165) is 0 Å². The van der Waals surface area contributed by atoms with Crippen LogP contribution in [0.2, 0.25) is 0 Å². The zero-order valence-corrected chi connectivity index (χ0v) is 14.0. The highest BCUT2D eigenvalue weighted by Gasteiger charge is 2.20. The van der Waals surface area contributed by atoms with Gasteiger partial charge in [0.25, 0.3) is 5.91 Å². The van der Waals surface area contributed by atoms with Crippen LogP contribution in [0.5, 0.6) is 0 Å². The Balaban J connectivity index is 2.00. The molecule has 0 aliphatic heterocycles. The minimum atomic E-state index is -0.386. The normalized spacial score (nSPS) is 11.8. The van der Waals surface area contributed by atoms with Crippen molar-refractivity contribution in [2.24, 2.45) is 0 Å². The molecule has 7 heteroatoms. The second kappa shape index (κ2) is 7.32. The Bertz CT molecular complexity index is 713. The molecule has 122 valence electrons. The van der Waals surface area contributed by atoms with Gasteiger partial charge in [0, 0.05) is 25.1 Å². The zero-order valence-electron chi connectivity index (χ0n) is 13.1. The van der Waals surface area contributed by atoms with Gasteiger partial charge in [-0.2, -0.15) is 4.37 Å². The summed E-state index contributed by atoms with van der Waals surface area (Å²) in [5.41, 5.74) is 1.57. The van der Waals surface area contributed by atoms with Gasteiger partial charge in [-0.25, -0.2) is 4.39 Å². The van der Waals surface area contributed by atoms with Crippen LogP contribution < -0.4 is 10.6 Å². The van der Waals surface area contributed by atoms with Crippen LogP contribution in [0.4, 0.5) is 9.39 Å². The van der Waals surface area contributed by atoms with Crippen LogP contribution in [-0.2, 0) is 0 Å². The fourth-order valence-electron chi connectivity index (χ4n) is 2.19. The van der Waals surface area contributed by atoms with E-state index in [4.69, 9.17) is 0 Å². The number of aromatic nitrogens is 1. The molecule has 0 unspecified atom stereocenters. The Labute approximate surface area is 138 Å². The third-order valence-corrected chi connectivity index (χ3v) is 4.31. The molecule has 2 aromatic rings. The summed E-state index contributed by atoms with van der Waals surface area (Å²) in [6.07, 6.45) is 0.142. The molecule has 0 aliphatic carbocycles. The van der Waals surface area contributed by atoms with Crippen molar-refractivity contribution in [2.75, 3.05) is 12.4 Å². The lowest BCUT2D eigenvalue weighted by molar-refractivity contribution is 0.0918. The monoisotopic (exact) mass is 335 g/mol. The van der Waals surface area contributed by atoms with E-state index in [1.165, 1.54) is 35.8 Å². The molecule has 0 bridgehead atoms. The summed E-state index contributed by atoms with van der Waals surface area (Å²) >= 11 is 1.22. The van der Waals surface area contributed by atoms with Gasteiger partial charge in [0.05, 0.1) is 11.3 Å². The van der Waals surface area contributed by atoms with Gasteiger partial charge in [-0.3, -0.25) is 9.59 Å². The van der Waals surface area contributed by atoms with Crippen molar-refractivity contribution in [1.82, 2.24) is 9.69 Å². The minimum Gasteiger partial charge on any atom is -0.378 e. The average Bonchev–Trinajstić information content (AvgIpc) is 2.88. The molecule has 23 heavy (non-hydrogen) atoms. The molecule has 0 saturated carbocycles. The van der Waals surface area contributed by atoms with E-state index in [1.54, 1.807) is 20.9 Å². The average molecular weight is 335 g/mol. The number of halogens is 1. The quantitative estimate of drug-likeness (QED) is 0.796. The van der Waals surface area contributed by atoms with E-state index in [2.05, 4.69) is 15.0 Å². The molecule has 1 aromatic heterocycles. The van der Waals surface area contributed by atoms with Gasteiger partial charge in [0.2, 0.25) is 0 Å². The van der Waals surface area contributed by atoms with Crippen LogP contribution in [-0.4, -0.2) is 29.2 Å². The summed E-state index contributed by atoms with van der Waals surface area (Å²) in [6.45, 7) is 3.52. The van der Waals surface area contributed by atoms with Crippen molar-refractivity contribution in [3.05, 3.63) is 46.9 Å². The molecule has 1 aromatic carbocycles. The van der Waals surface area contributed by atoms with Crippen LogP contribution in [0, 0.1) is 12.7 Å². The second-order valence-electron chi connectivity index (χ2n) is 5.23. The standard InChI is InChI=1S/C16H18FN3O2S/c1-9(8-13(21)11-4-6-12(17)7-5-11)19-15(22)14-10(2)20-23-16(14)18-3/h4-7,9,18H,8H2,1-3H3,(H,19,22)/t9-/m0/s1. The molecule has 0 saturated heterocycles. The van der Waals surface area contributed by atoms with Gasteiger partial charge in [-0.1, -0.05) is 0 Å². The van der Waals surface area contributed by atoms with Crippen molar-refractivity contribution in [1.29, 1.82) is 0 Å². The van der Waals surface area contributed by atoms with Gasteiger partial charge in [-0.15, -0.1) is 0 Å². The topological polar surface area (TPSA) is 71.1 Å². The summed E-state index contributed by atoms with van der Waals surface area (Å²) in [4.78, 5) is 24.5. The first-order valence-corrected chi connectivity index (χ1v) is 7.93. The number of rotatable bonds is 6. The number of ketones is 1. The molecule has 1 amide bonds. The highest BCUT2D eigenvalue weighted by molar-refractivity contribution is 7.10. The first-order chi connectivity index (χ1) is 10.9. The van der Waals surface area contributed by atoms with E-state index < -0.39 is 0 Å². The van der Waals surface area contributed by atoms with Gasteiger partial charge in [0.15, 0.2) is 5.78 Å². The van der Waals surface area contributed by atoms with Crippen molar-refractivity contribution in [3.8, 4) is 0 Å². The van der Waals surface area contributed by atoms with Crippen molar-refractivity contribution < 1.29 is 14.0 Å². The van der Waals surface area contributed by atoms with E-state index in [0.29, 0.717) is 21.8 Å². The molecule has 2 N–H and O–H groups in total. The smallest absolute Gasteiger partial charge is 0.256 e. The Morgan fingerprint density at radius 1 is 1.30 bits per heavy atom. The maximum atomic E-state index is 12.9. The number of carbonyl (C=O) groups excluding carboxylic acids is 2. The number of nitrogens with zero attached hydrogens (tertiary/aromatic N) is 1. The third kappa shape index (κ3) is 4.13. The van der Waals surface area contributed by atoms with Crippen LogP contribution in [0.25, 0.3) is 0 Å². The number of amides is 1. The van der Waals surface area contributed by atoms with Gasteiger partial charge < -0.3 is 10.6 Å². The van der Waals surface area contributed by atoms with E-state index in [9.17, 15) is 14.0 Å². The molecule has 1 atom stereocenters. The first-order valence-electron chi connectivity index (χ1n) is 7.16. The van der Waals surface area contributed by atoms with Crippen molar-refractivity contribution >= 4 is 28.2 Å². The lowest BCUT2D eigenvalue weighted by atomic mass is 10.0. The molecule has 2 rings (SSSR count). The van der Waals surface area contributed by atoms with Crippen molar-refractivity contribution in [3.63, 3.8) is 0 Å². The fraction of sp³-hybridized carbons (Fsp3) is 0.312. The zero-order chi connectivity index (χ0) is 17.0. The van der Waals surface area contributed by atoms with Gasteiger partial charge in [-0.05, 0) is 49.6 Å². The minimum absolute atomic E-state index is 0.142. The molecular weight excluding hydrogens is 317 g/mol. The highest BCUT2D eigenvalue weighted by atomic mass is 32.1. The van der Waals surface area contributed by atoms with Gasteiger partial charge in [0.1, 0.15) is 10.8 Å². The molecule has 1 heterocycles. The van der Waals surface area contributed by atoms with Crippen LogP contribution in [0.1, 0.15) is 39.8 Å². The number of hydrogen-bond acceptors (Lipinski definition) is 5. The van der Waals surface area contributed by atoms with E-state index >= 15 is 0 Å². The number of hydrogen-bond donors (Lipinski definition) is 2. The lowest BCUT2D eigenvalue weighted by Gasteiger charge is -2.14. The highest BCUT2D eigenvalue weighted by Crippen LogP contribution is 2.23. The summed E-state index contributed by atoms with van der Waals surface area (Å²) in [5.74, 6) is -0.797. The molecule has 5 nitrogen and oxygen atoms in total. The van der Waals surface area contributed by atoms with Crippen LogP contribution in [0.3, 0.4) is 0 Å². The van der Waals surface area contributed by atoms with Crippen molar-refractivity contribution in [2.45, 2.75) is 26.3 Å². The number of aryl methyl sites for hydroxylation is 1. The molecule has 0 spiro atoms. The van der Waals surface area contributed by atoms with E-state index in [-0.39, 0.29) is 30.0 Å². The van der Waals surface area contributed by atoms with E-state index in [1.807, 2.05) is 0 Å². The van der Waals surface area contributed by atoms with Crippen LogP contribution >= 0.6 is 11.5 Å². The molecule has 0 aliphatic rings. The predicted octanol–water partition coefficient (Wildman–Crippen LogP) is 3.02. The number of benzene rings is 1. The second-order valence-corrected chi connectivity index (χ2v) is 6.00. The maximum absolute atomic E-state index is 12.9. The largest absolute Gasteiger partial charge is 0.378 e. The number of nitrogens with one attached hydrogen (secondary N) is 2. The molecule has 0 fully saturated rings. The molecule has 0 radical (unpaired) electrons. The molecular formula is C16H18FN3O2S. The summed E-state index contributed by atoms with van der Waals surface area (Å²) in [6, 6.07) is 5.03. The Morgan fingerprint density at radius 3 is 2.57 bits per heavy atom. The van der Waals surface area contributed by atoms with Crippen LogP contribution in [0.15, 0.2) is 24.3 Å². The Kier molecular flexibility index (Phi) is 5.44. The fourth-order valence-corrected chi connectivity index (χ4v) is 2.93. The lowest BCUT2D eigenvalue weighted by Crippen LogP contribution is -2.34. The predicted molar refractivity (Wildman–Crippen MR) is 88.7 cm³/mol.